The zero-order valence-corrected chi connectivity index (χ0v) is 27.4. The first kappa shape index (κ1) is 31.5. The number of amides is 2. The van der Waals surface area contributed by atoms with E-state index in [9.17, 15) is 9.59 Å². The Hall–Kier alpha value is -5.53. The van der Waals surface area contributed by atoms with Crippen LogP contribution in [0.3, 0.4) is 0 Å². The van der Waals surface area contributed by atoms with Crippen molar-refractivity contribution in [1.82, 2.24) is 34.6 Å². The number of methoxy groups -OCH3 is 1. The summed E-state index contributed by atoms with van der Waals surface area (Å²) >= 11 is 0. The molecule has 1 saturated heterocycles. The van der Waals surface area contributed by atoms with Crippen molar-refractivity contribution >= 4 is 45.2 Å². The number of nitrogens with zero attached hydrogens (tertiary/aromatic N) is 8. The summed E-state index contributed by atoms with van der Waals surface area (Å²) in [6.45, 7) is 10.7. The van der Waals surface area contributed by atoms with E-state index >= 15 is 0 Å². The van der Waals surface area contributed by atoms with Crippen molar-refractivity contribution in [3.63, 3.8) is 0 Å². The normalized spacial score (nSPS) is 16.7. The number of hydrogen-bond donors (Lipinski definition) is 1. The van der Waals surface area contributed by atoms with Gasteiger partial charge in [-0.3, -0.25) is 14.4 Å². The van der Waals surface area contributed by atoms with Crippen LogP contribution in [0, 0.1) is 0 Å². The summed E-state index contributed by atoms with van der Waals surface area (Å²) in [6, 6.07) is 7.05. The Labute approximate surface area is 271 Å². The van der Waals surface area contributed by atoms with Crippen LogP contribution in [-0.2, 0) is 11.8 Å². The number of carbonyl (C=O) groups excluding carboxylic acids is 2. The molecule has 14 nitrogen and oxygen atoms in total. The number of anilines is 2. The van der Waals surface area contributed by atoms with Crippen LogP contribution in [0.4, 0.5) is 16.2 Å². The SMILES string of the molecule is COc1ncc2c(N3C[C@@H](C)N(C(=O)OC(C)(C)C)[C@@H](C)C3)ccc(C(=O)Nc3cc(Oc4cncnc4)c4nn(C)cc4c3)c2n1. The number of piperazine rings is 1. The molecule has 3 aromatic heterocycles. The summed E-state index contributed by atoms with van der Waals surface area (Å²) in [4.78, 5) is 47.9. The van der Waals surface area contributed by atoms with Gasteiger partial charge in [0.2, 0.25) is 0 Å². The maximum Gasteiger partial charge on any atom is 0.410 e. The third kappa shape index (κ3) is 6.57. The minimum atomic E-state index is -0.591. The van der Waals surface area contributed by atoms with E-state index in [4.69, 9.17) is 14.2 Å². The Bertz CT molecular complexity index is 1950. The second kappa shape index (κ2) is 12.3. The smallest absolute Gasteiger partial charge is 0.410 e. The third-order valence-electron chi connectivity index (χ3n) is 7.71. The van der Waals surface area contributed by atoms with Gasteiger partial charge in [0.1, 0.15) is 17.4 Å². The highest BCUT2D eigenvalue weighted by Gasteiger charge is 2.36. The summed E-state index contributed by atoms with van der Waals surface area (Å²) in [7, 11) is 3.29. The van der Waals surface area contributed by atoms with Crippen molar-refractivity contribution in [2.24, 2.45) is 7.05 Å². The Morgan fingerprint density at radius 2 is 1.72 bits per heavy atom. The van der Waals surface area contributed by atoms with E-state index < -0.39 is 5.60 Å². The summed E-state index contributed by atoms with van der Waals surface area (Å²) < 4.78 is 18.7. The molecular weight excluding hydrogens is 602 g/mol. The first-order valence-corrected chi connectivity index (χ1v) is 15.2. The van der Waals surface area contributed by atoms with Gasteiger partial charge in [-0.2, -0.15) is 10.1 Å². The van der Waals surface area contributed by atoms with Crippen LogP contribution in [0.5, 0.6) is 17.5 Å². The van der Waals surface area contributed by atoms with E-state index in [2.05, 4.69) is 35.3 Å². The number of aromatic nitrogens is 6. The van der Waals surface area contributed by atoms with E-state index in [1.54, 1.807) is 40.3 Å². The molecule has 2 amide bonds. The Morgan fingerprint density at radius 3 is 2.40 bits per heavy atom. The number of ether oxygens (including phenoxy) is 3. The quantitative estimate of drug-likeness (QED) is 0.261. The monoisotopic (exact) mass is 639 g/mol. The van der Waals surface area contributed by atoms with Crippen LogP contribution in [-0.4, -0.2) is 84.5 Å². The number of aryl methyl sites for hydroxylation is 1. The van der Waals surface area contributed by atoms with Crippen molar-refractivity contribution in [2.45, 2.75) is 52.3 Å². The van der Waals surface area contributed by atoms with E-state index in [-0.39, 0.29) is 30.1 Å². The Kier molecular flexibility index (Phi) is 8.26. The summed E-state index contributed by atoms with van der Waals surface area (Å²) in [5.41, 5.74) is 2.15. The molecule has 2 aromatic carbocycles. The predicted octanol–water partition coefficient (Wildman–Crippen LogP) is 5.19. The van der Waals surface area contributed by atoms with Crippen LogP contribution < -0.4 is 19.7 Å². The molecule has 244 valence electrons. The highest BCUT2D eigenvalue weighted by Crippen LogP contribution is 2.35. The zero-order chi connectivity index (χ0) is 33.5. The van der Waals surface area contributed by atoms with Gasteiger partial charge in [0.15, 0.2) is 11.5 Å². The van der Waals surface area contributed by atoms with Crippen molar-refractivity contribution < 1.29 is 23.8 Å². The lowest BCUT2D eigenvalue weighted by Crippen LogP contribution is -2.59. The van der Waals surface area contributed by atoms with Gasteiger partial charge in [0.25, 0.3) is 5.91 Å². The first-order chi connectivity index (χ1) is 22.4. The molecule has 2 atom stereocenters. The standard InChI is InChI=1S/C33H37N9O5/c1-19-15-41(16-20(2)42(19)32(44)47-33(3,4)5)26-9-8-24(29-25(26)14-36-31(38-29)45-7)30(43)37-22-10-21-17-40(6)39-28(21)27(11-22)46-23-12-34-18-35-13-23/h8-14,17-20H,15-16H2,1-7H3,(H,37,43)/t19-,20+. The molecule has 1 N–H and O–H groups in total. The van der Waals surface area contributed by atoms with Crippen LogP contribution in [0.2, 0.25) is 0 Å². The fraction of sp³-hybridized carbons (Fsp3) is 0.364. The van der Waals surface area contributed by atoms with Gasteiger partial charge in [0, 0.05) is 60.7 Å². The second-order valence-electron chi connectivity index (χ2n) is 12.6. The van der Waals surface area contributed by atoms with E-state index in [1.165, 1.54) is 13.4 Å². The minimum Gasteiger partial charge on any atom is -0.467 e. The fourth-order valence-electron chi connectivity index (χ4n) is 5.88. The predicted molar refractivity (Wildman–Crippen MR) is 176 cm³/mol. The van der Waals surface area contributed by atoms with Gasteiger partial charge in [-0.05, 0) is 52.8 Å². The number of fused-ring (bicyclic) bond motifs is 2. The van der Waals surface area contributed by atoms with E-state index in [0.29, 0.717) is 52.3 Å². The van der Waals surface area contributed by atoms with Gasteiger partial charge in [-0.15, -0.1) is 0 Å². The molecule has 4 heterocycles. The fourth-order valence-corrected chi connectivity index (χ4v) is 5.88. The highest BCUT2D eigenvalue weighted by molar-refractivity contribution is 6.14. The number of benzene rings is 2. The summed E-state index contributed by atoms with van der Waals surface area (Å²) in [6.07, 6.45) is 7.68. The molecular formula is C33H37N9O5. The average molecular weight is 640 g/mol. The van der Waals surface area contributed by atoms with Crippen molar-refractivity contribution in [2.75, 3.05) is 30.4 Å². The lowest BCUT2D eigenvalue weighted by Gasteiger charge is -2.45. The number of nitrogens with one attached hydrogen (secondary N) is 1. The van der Waals surface area contributed by atoms with Gasteiger partial charge in [-0.25, -0.2) is 19.7 Å². The minimum absolute atomic E-state index is 0.132. The largest absolute Gasteiger partial charge is 0.467 e. The molecule has 1 aliphatic rings. The van der Waals surface area contributed by atoms with Crippen molar-refractivity contribution in [1.29, 1.82) is 0 Å². The number of rotatable bonds is 6. The molecule has 6 rings (SSSR count). The summed E-state index contributed by atoms with van der Waals surface area (Å²) in [5, 5.41) is 8.97. The molecule has 0 bridgehead atoms. The molecule has 0 aliphatic carbocycles. The molecule has 14 heteroatoms. The molecule has 47 heavy (non-hydrogen) atoms. The summed E-state index contributed by atoms with van der Waals surface area (Å²) in [5.74, 6) is 0.492. The lowest BCUT2D eigenvalue weighted by atomic mass is 10.0. The molecule has 1 aliphatic heterocycles. The second-order valence-corrected chi connectivity index (χ2v) is 12.6. The Balaban J connectivity index is 1.31. The molecule has 0 unspecified atom stereocenters. The first-order valence-electron chi connectivity index (χ1n) is 15.2. The van der Waals surface area contributed by atoms with Gasteiger partial charge in [0.05, 0.1) is 42.7 Å². The van der Waals surface area contributed by atoms with Crippen molar-refractivity contribution in [3.8, 4) is 17.5 Å². The van der Waals surface area contributed by atoms with E-state index in [0.717, 1.165) is 11.1 Å². The van der Waals surface area contributed by atoms with Crippen molar-refractivity contribution in [3.05, 3.63) is 60.9 Å². The third-order valence-corrected chi connectivity index (χ3v) is 7.71. The molecule has 1 fully saturated rings. The maximum atomic E-state index is 13.9. The lowest BCUT2D eigenvalue weighted by molar-refractivity contribution is 0.00566. The van der Waals surface area contributed by atoms with Crippen LogP contribution >= 0.6 is 0 Å². The molecule has 0 radical (unpaired) electrons. The van der Waals surface area contributed by atoms with Gasteiger partial charge in [-0.1, -0.05) is 0 Å². The number of hydrogen-bond acceptors (Lipinski definition) is 11. The van der Waals surface area contributed by atoms with Gasteiger partial charge < -0.3 is 24.4 Å². The molecule has 0 spiro atoms. The average Bonchev–Trinajstić information content (AvgIpc) is 3.39. The zero-order valence-electron chi connectivity index (χ0n) is 27.4. The maximum absolute atomic E-state index is 13.9. The Morgan fingerprint density at radius 1 is 1.00 bits per heavy atom. The van der Waals surface area contributed by atoms with Gasteiger partial charge >= 0.3 is 12.1 Å². The highest BCUT2D eigenvalue weighted by atomic mass is 16.6. The molecule has 0 saturated carbocycles. The molecule has 5 aromatic rings. The van der Waals surface area contributed by atoms with Crippen LogP contribution in [0.25, 0.3) is 21.8 Å². The van der Waals surface area contributed by atoms with Crippen LogP contribution in [0.1, 0.15) is 45.0 Å². The topological polar surface area (TPSA) is 150 Å². The number of carbonyl (C=O) groups is 2. The van der Waals surface area contributed by atoms with E-state index in [1.807, 2.05) is 60.0 Å². The van der Waals surface area contributed by atoms with Crippen LogP contribution in [0.15, 0.2) is 55.4 Å².